The lowest BCUT2D eigenvalue weighted by Gasteiger charge is -2.18. The lowest BCUT2D eigenvalue weighted by atomic mass is 10.1. The molecule has 0 fully saturated rings. The summed E-state index contributed by atoms with van der Waals surface area (Å²) in [6.07, 6.45) is 62.7. The van der Waals surface area contributed by atoms with Crippen LogP contribution in [0.5, 0.6) is 0 Å². The lowest BCUT2D eigenvalue weighted by molar-refractivity contribution is -0.163. The molecule has 350 valence electrons. The van der Waals surface area contributed by atoms with E-state index in [0.29, 0.717) is 19.4 Å². The van der Waals surface area contributed by atoms with Gasteiger partial charge in [-0.05, 0) is 83.5 Å². The van der Waals surface area contributed by atoms with Gasteiger partial charge in [-0.2, -0.15) is 0 Å². The van der Waals surface area contributed by atoms with Gasteiger partial charge in [0.2, 0.25) is 0 Å². The van der Waals surface area contributed by atoms with E-state index in [4.69, 9.17) is 14.2 Å². The van der Waals surface area contributed by atoms with Crippen molar-refractivity contribution in [3.63, 3.8) is 0 Å². The second-order valence-corrected chi connectivity index (χ2v) is 17.4. The van der Waals surface area contributed by atoms with Crippen LogP contribution in [0.2, 0.25) is 0 Å². The predicted octanol–water partition coefficient (Wildman–Crippen LogP) is 17.6. The Hall–Kier alpha value is -2.14. The topological polar surface area (TPSA) is 61.8 Å². The van der Waals surface area contributed by atoms with E-state index in [-0.39, 0.29) is 25.2 Å². The number of esters is 2. The maximum Gasteiger partial charge on any atom is 0.306 e. The predicted molar refractivity (Wildman–Crippen MR) is 261 cm³/mol. The molecule has 0 aliphatic carbocycles. The molecule has 0 radical (unpaired) electrons. The summed E-state index contributed by atoms with van der Waals surface area (Å²) in [6.45, 7) is 7.76. The summed E-state index contributed by atoms with van der Waals surface area (Å²) in [5.41, 5.74) is 0. The van der Waals surface area contributed by atoms with E-state index in [1.54, 1.807) is 0 Å². The molecule has 5 heteroatoms. The number of carbonyl (C=O) groups is 2. The Morgan fingerprint density at radius 3 is 1.17 bits per heavy atom. The van der Waals surface area contributed by atoms with Crippen molar-refractivity contribution in [3.8, 4) is 0 Å². The zero-order valence-electron chi connectivity index (χ0n) is 40.2. The van der Waals surface area contributed by atoms with Crippen LogP contribution in [0.25, 0.3) is 0 Å². The van der Waals surface area contributed by atoms with E-state index in [9.17, 15) is 9.59 Å². The Morgan fingerprint density at radius 2 is 0.700 bits per heavy atom. The van der Waals surface area contributed by atoms with Crippen LogP contribution in [-0.2, 0) is 23.8 Å². The van der Waals surface area contributed by atoms with E-state index in [0.717, 1.165) is 51.4 Å². The van der Waals surface area contributed by atoms with Gasteiger partial charge < -0.3 is 14.2 Å². The molecule has 0 rings (SSSR count). The number of hydrogen-bond donors (Lipinski definition) is 0. The molecule has 1 unspecified atom stereocenters. The van der Waals surface area contributed by atoms with Crippen LogP contribution in [0.1, 0.15) is 265 Å². The number of unbranched alkanes of at least 4 members (excludes halogenated alkanes) is 29. The Balaban J connectivity index is 4.11. The van der Waals surface area contributed by atoms with Crippen LogP contribution in [0, 0.1) is 0 Å². The van der Waals surface area contributed by atoms with Gasteiger partial charge in [0.15, 0.2) is 6.10 Å². The van der Waals surface area contributed by atoms with Crippen LogP contribution < -0.4 is 0 Å². The molecule has 60 heavy (non-hydrogen) atoms. The summed E-state index contributed by atoms with van der Waals surface area (Å²) in [5, 5.41) is 0. The fourth-order valence-electron chi connectivity index (χ4n) is 7.39. The molecule has 0 spiro atoms. The van der Waals surface area contributed by atoms with E-state index < -0.39 is 6.10 Å². The highest BCUT2D eigenvalue weighted by molar-refractivity contribution is 5.70. The second kappa shape index (κ2) is 51.2. The Morgan fingerprint density at radius 1 is 0.367 bits per heavy atom. The van der Waals surface area contributed by atoms with Crippen LogP contribution in [-0.4, -0.2) is 37.9 Å². The smallest absolute Gasteiger partial charge is 0.306 e. The molecule has 0 saturated carbocycles. The van der Waals surface area contributed by atoms with Gasteiger partial charge in [0.05, 0.1) is 6.61 Å². The summed E-state index contributed by atoms with van der Waals surface area (Å²) < 4.78 is 17.3. The van der Waals surface area contributed by atoms with Crippen molar-refractivity contribution in [1.29, 1.82) is 0 Å². The highest BCUT2D eigenvalue weighted by Gasteiger charge is 2.17. The third-order valence-electron chi connectivity index (χ3n) is 11.3. The van der Waals surface area contributed by atoms with Crippen molar-refractivity contribution in [1.82, 2.24) is 0 Å². The molecule has 0 aliphatic heterocycles. The van der Waals surface area contributed by atoms with Crippen molar-refractivity contribution in [2.45, 2.75) is 271 Å². The highest BCUT2D eigenvalue weighted by atomic mass is 16.6. The molecular weight excluding hydrogens is 741 g/mol. The molecule has 0 bridgehead atoms. The van der Waals surface area contributed by atoms with Crippen molar-refractivity contribution in [3.05, 3.63) is 48.6 Å². The number of rotatable bonds is 48. The third kappa shape index (κ3) is 48.5. The van der Waals surface area contributed by atoms with E-state index in [2.05, 4.69) is 69.4 Å². The molecule has 0 N–H and O–H groups in total. The van der Waals surface area contributed by atoms with E-state index in [1.807, 2.05) is 0 Å². The summed E-state index contributed by atoms with van der Waals surface area (Å²) >= 11 is 0. The molecule has 0 saturated heterocycles. The van der Waals surface area contributed by atoms with Crippen LogP contribution in [0.4, 0.5) is 0 Å². The molecule has 0 aliphatic rings. The van der Waals surface area contributed by atoms with Crippen LogP contribution in [0.15, 0.2) is 48.6 Å². The number of allylic oxidation sites excluding steroid dienone is 8. The van der Waals surface area contributed by atoms with Gasteiger partial charge in [-0.15, -0.1) is 0 Å². The fourth-order valence-corrected chi connectivity index (χ4v) is 7.39. The molecular formula is C55H100O5. The Bertz CT molecular complexity index is 997. The molecule has 0 aromatic heterocycles. The average Bonchev–Trinajstić information content (AvgIpc) is 3.25. The van der Waals surface area contributed by atoms with Gasteiger partial charge in [-0.3, -0.25) is 9.59 Å². The molecule has 0 aromatic rings. The number of hydrogen-bond acceptors (Lipinski definition) is 5. The monoisotopic (exact) mass is 841 g/mol. The van der Waals surface area contributed by atoms with Crippen molar-refractivity contribution in [2.75, 3.05) is 19.8 Å². The minimum Gasteiger partial charge on any atom is -0.462 e. The second-order valence-electron chi connectivity index (χ2n) is 17.4. The first-order chi connectivity index (χ1) is 29.6. The standard InChI is InChI=1S/C55H100O5/c1-4-7-10-13-16-18-20-22-24-26-27-28-30-32-34-36-38-41-44-47-50-58-51-53(60-55(57)49-46-43-39-15-12-9-6-3)52-59-54(56)48-45-42-40-37-35-33-31-29-25-23-21-19-17-14-11-8-5-2/h16,18,22-25,27-28,53H,4-15,17,19-21,26,29-52H2,1-3H3/b18-16-,24-22-,25-23-,28-27-. The summed E-state index contributed by atoms with van der Waals surface area (Å²) in [6, 6.07) is 0. The lowest BCUT2D eigenvalue weighted by Crippen LogP contribution is -2.30. The first-order valence-corrected chi connectivity index (χ1v) is 26.2. The largest absolute Gasteiger partial charge is 0.462 e. The van der Waals surface area contributed by atoms with Gasteiger partial charge in [-0.25, -0.2) is 0 Å². The zero-order valence-corrected chi connectivity index (χ0v) is 40.2. The summed E-state index contributed by atoms with van der Waals surface area (Å²) in [4.78, 5) is 25.2. The van der Waals surface area contributed by atoms with Gasteiger partial charge in [0.1, 0.15) is 6.61 Å². The van der Waals surface area contributed by atoms with Crippen LogP contribution in [0.3, 0.4) is 0 Å². The Labute approximate surface area is 373 Å². The molecule has 0 amide bonds. The van der Waals surface area contributed by atoms with E-state index in [1.165, 1.54) is 180 Å². The van der Waals surface area contributed by atoms with E-state index >= 15 is 0 Å². The SMILES string of the molecule is CCCCC/C=C\C/C=C\C/C=C\CCCCCCCCCOCC(COC(=O)CCCCCCCCC/C=C\CCCCCCCC)OC(=O)CCCCCCCCC. The molecule has 1 atom stereocenters. The maximum absolute atomic E-state index is 12.7. The van der Waals surface area contributed by atoms with Gasteiger partial charge in [-0.1, -0.05) is 217 Å². The normalized spacial score (nSPS) is 12.5. The first kappa shape index (κ1) is 57.9. The summed E-state index contributed by atoms with van der Waals surface area (Å²) in [5.74, 6) is -0.405. The van der Waals surface area contributed by atoms with Gasteiger partial charge in [0, 0.05) is 19.4 Å². The average molecular weight is 841 g/mol. The molecule has 5 nitrogen and oxygen atoms in total. The third-order valence-corrected chi connectivity index (χ3v) is 11.3. The number of ether oxygens (including phenoxy) is 3. The van der Waals surface area contributed by atoms with Gasteiger partial charge >= 0.3 is 11.9 Å². The summed E-state index contributed by atoms with van der Waals surface area (Å²) in [7, 11) is 0. The van der Waals surface area contributed by atoms with Crippen LogP contribution >= 0.6 is 0 Å². The minimum absolute atomic E-state index is 0.0811. The number of carbonyl (C=O) groups excluding carboxylic acids is 2. The Kier molecular flexibility index (Phi) is 49.4. The van der Waals surface area contributed by atoms with Gasteiger partial charge in [0.25, 0.3) is 0 Å². The van der Waals surface area contributed by atoms with Crippen molar-refractivity contribution < 1.29 is 23.8 Å². The minimum atomic E-state index is -0.538. The van der Waals surface area contributed by atoms with Crippen molar-refractivity contribution in [2.24, 2.45) is 0 Å². The first-order valence-electron chi connectivity index (χ1n) is 26.2. The molecule has 0 aromatic carbocycles. The van der Waals surface area contributed by atoms with Crippen molar-refractivity contribution >= 4 is 11.9 Å². The quantitative estimate of drug-likeness (QED) is 0.0347. The zero-order chi connectivity index (χ0) is 43.5. The molecule has 0 heterocycles. The fraction of sp³-hybridized carbons (Fsp3) is 0.818. The maximum atomic E-state index is 12.7. The highest BCUT2D eigenvalue weighted by Crippen LogP contribution is 2.14.